The molecule has 0 saturated heterocycles. The predicted molar refractivity (Wildman–Crippen MR) is 86.7 cm³/mol. The fraction of sp³-hybridized carbons (Fsp3) is 0.333. The van der Waals surface area contributed by atoms with Crippen LogP contribution in [0.25, 0.3) is 0 Å². The number of thiophene rings is 1. The summed E-state index contributed by atoms with van der Waals surface area (Å²) < 4.78 is 6.33. The molecule has 0 N–H and O–H groups in total. The number of rotatable bonds is 5. The minimum absolute atomic E-state index is 0.0806. The molecule has 0 aliphatic rings. The van der Waals surface area contributed by atoms with Gasteiger partial charge in [0.15, 0.2) is 0 Å². The Balaban J connectivity index is 1.94. The van der Waals surface area contributed by atoms with Crippen LogP contribution in [-0.4, -0.2) is 7.11 Å². The Morgan fingerprint density at radius 3 is 2.53 bits per heavy atom. The average molecular weight is 360 g/mol. The molecule has 1 nitrogen and oxygen atoms in total. The number of halogens is 2. The number of hydrogen-bond donors (Lipinski definition) is 0. The molecule has 1 unspecified atom stereocenters. The van der Waals surface area contributed by atoms with E-state index < -0.39 is 0 Å². The Hall–Kier alpha value is -0.510. The number of aryl methyl sites for hydroxylation is 2. The number of alkyl halides is 1. The minimum Gasteiger partial charge on any atom is -0.497 e. The van der Waals surface area contributed by atoms with Gasteiger partial charge in [-0.05, 0) is 65.0 Å². The van der Waals surface area contributed by atoms with E-state index in [1.165, 1.54) is 19.8 Å². The van der Waals surface area contributed by atoms with E-state index in [-0.39, 0.29) is 5.38 Å². The van der Waals surface area contributed by atoms with Crippen LogP contribution in [-0.2, 0) is 6.42 Å². The largest absolute Gasteiger partial charge is 0.497 e. The molecular formula is C15H16BrClOS. The van der Waals surface area contributed by atoms with Crippen molar-refractivity contribution < 1.29 is 4.74 Å². The molecule has 0 saturated carbocycles. The summed E-state index contributed by atoms with van der Waals surface area (Å²) in [7, 11) is 1.68. The molecule has 0 bridgehead atoms. The lowest BCUT2D eigenvalue weighted by Gasteiger charge is -2.07. The molecule has 0 aliphatic carbocycles. The van der Waals surface area contributed by atoms with Crippen LogP contribution in [0.2, 0.25) is 0 Å². The molecule has 1 aromatic carbocycles. The molecule has 102 valence electrons. The van der Waals surface area contributed by atoms with Crippen molar-refractivity contribution in [3.63, 3.8) is 0 Å². The zero-order valence-corrected chi connectivity index (χ0v) is 14.1. The summed E-state index contributed by atoms with van der Waals surface area (Å²) in [6, 6.07) is 10.3. The Morgan fingerprint density at radius 1 is 1.32 bits per heavy atom. The SMILES string of the molecule is COc1ccc(CCC(Cl)c2cc(C)c(Br)s2)cc1. The molecule has 0 fully saturated rings. The lowest BCUT2D eigenvalue weighted by atomic mass is 10.1. The van der Waals surface area contributed by atoms with Crippen molar-refractivity contribution in [1.82, 2.24) is 0 Å². The summed E-state index contributed by atoms with van der Waals surface area (Å²) in [5.41, 5.74) is 2.55. The van der Waals surface area contributed by atoms with Crippen molar-refractivity contribution in [2.45, 2.75) is 25.1 Å². The fourth-order valence-corrected chi connectivity index (χ4v) is 3.75. The Labute approximate surface area is 131 Å². The van der Waals surface area contributed by atoms with Crippen LogP contribution in [0.4, 0.5) is 0 Å². The minimum atomic E-state index is 0.0806. The zero-order chi connectivity index (χ0) is 13.8. The van der Waals surface area contributed by atoms with E-state index >= 15 is 0 Å². The quantitative estimate of drug-likeness (QED) is 0.618. The molecule has 0 aliphatic heterocycles. The third-order valence-corrected chi connectivity index (χ3v) is 5.86. The van der Waals surface area contributed by atoms with E-state index in [1.807, 2.05) is 12.1 Å². The smallest absolute Gasteiger partial charge is 0.118 e. The highest BCUT2D eigenvalue weighted by molar-refractivity contribution is 9.11. The highest BCUT2D eigenvalue weighted by Crippen LogP contribution is 2.36. The van der Waals surface area contributed by atoms with Crippen LogP contribution in [0.5, 0.6) is 5.75 Å². The first kappa shape index (κ1) is 14.9. The van der Waals surface area contributed by atoms with Crippen LogP contribution in [0.15, 0.2) is 34.1 Å². The molecule has 0 radical (unpaired) electrons. The molecule has 1 heterocycles. The van der Waals surface area contributed by atoms with Crippen LogP contribution in [0.3, 0.4) is 0 Å². The second kappa shape index (κ2) is 6.78. The van der Waals surface area contributed by atoms with Crippen molar-refractivity contribution in [2.24, 2.45) is 0 Å². The number of ether oxygens (including phenoxy) is 1. The van der Waals surface area contributed by atoms with Crippen molar-refractivity contribution in [1.29, 1.82) is 0 Å². The van der Waals surface area contributed by atoms with Gasteiger partial charge >= 0.3 is 0 Å². The fourth-order valence-electron chi connectivity index (χ4n) is 1.87. The van der Waals surface area contributed by atoms with E-state index in [9.17, 15) is 0 Å². The van der Waals surface area contributed by atoms with Gasteiger partial charge in [-0.2, -0.15) is 0 Å². The van der Waals surface area contributed by atoms with Gasteiger partial charge in [0.05, 0.1) is 16.3 Å². The third-order valence-electron chi connectivity index (χ3n) is 3.03. The third kappa shape index (κ3) is 3.98. The van der Waals surface area contributed by atoms with E-state index in [0.29, 0.717) is 0 Å². The number of methoxy groups -OCH3 is 1. The molecule has 0 amide bonds. The van der Waals surface area contributed by atoms with Gasteiger partial charge in [0.1, 0.15) is 5.75 Å². The molecule has 19 heavy (non-hydrogen) atoms. The van der Waals surface area contributed by atoms with Gasteiger partial charge in [-0.25, -0.2) is 0 Å². The van der Waals surface area contributed by atoms with Gasteiger partial charge in [-0.1, -0.05) is 12.1 Å². The van der Waals surface area contributed by atoms with E-state index in [1.54, 1.807) is 18.4 Å². The van der Waals surface area contributed by atoms with E-state index in [4.69, 9.17) is 16.3 Å². The first-order valence-electron chi connectivity index (χ1n) is 6.13. The maximum absolute atomic E-state index is 6.46. The molecule has 4 heteroatoms. The summed E-state index contributed by atoms with van der Waals surface area (Å²) in [4.78, 5) is 1.24. The maximum atomic E-state index is 6.46. The molecule has 2 rings (SSSR count). The summed E-state index contributed by atoms with van der Waals surface area (Å²) in [5.74, 6) is 0.893. The lowest BCUT2D eigenvalue weighted by molar-refractivity contribution is 0.414. The summed E-state index contributed by atoms with van der Waals surface area (Å²) >= 11 is 11.7. The normalized spacial score (nSPS) is 12.4. The van der Waals surface area contributed by atoms with Gasteiger partial charge in [-0.15, -0.1) is 22.9 Å². The van der Waals surface area contributed by atoms with Crippen molar-refractivity contribution in [3.8, 4) is 5.75 Å². The molecule has 1 aromatic heterocycles. The first-order valence-corrected chi connectivity index (χ1v) is 8.17. The van der Waals surface area contributed by atoms with Crippen LogP contribution < -0.4 is 4.74 Å². The first-order chi connectivity index (χ1) is 9.10. The summed E-state index contributed by atoms with van der Waals surface area (Å²) in [5, 5.41) is 0.0806. The van der Waals surface area contributed by atoms with Gasteiger partial charge < -0.3 is 4.74 Å². The van der Waals surface area contributed by atoms with Crippen molar-refractivity contribution >= 4 is 38.9 Å². The standard InChI is InChI=1S/C15H16BrClOS/c1-10-9-14(19-15(10)16)13(17)8-5-11-3-6-12(18-2)7-4-11/h3-4,6-7,9,13H,5,8H2,1-2H3. The van der Waals surface area contributed by atoms with Gasteiger partial charge in [0, 0.05) is 4.88 Å². The van der Waals surface area contributed by atoms with Crippen LogP contribution in [0.1, 0.15) is 27.8 Å². The van der Waals surface area contributed by atoms with E-state index in [2.05, 4.69) is 41.1 Å². The lowest BCUT2D eigenvalue weighted by Crippen LogP contribution is -1.92. The predicted octanol–water partition coefficient (Wildman–Crippen LogP) is 5.74. The molecule has 0 spiro atoms. The highest BCUT2D eigenvalue weighted by Gasteiger charge is 2.12. The van der Waals surface area contributed by atoms with Crippen molar-refractivity contribution in [3.05, 3.63) is 50.1 Å². The summed E-state index contributed by atoms with van der Waals surface area (Å²) in [6.45, 7) is 2.09. The number of benzene rings is 1. The summed E-state index contributed by atoms with van der Waals surface area (Å²) in [6.07, 6.45) is 1.92. The molecular weight excluding hydrogens is 344 g/mol. The Bertz CT molecular complexity index is 516. The topological polar surface area (TPSA) is 9.23 Å². The van der Waals surface area contributed by atoms with Crippen LogP contribution in [0, 0.1) is 6.92 Å². The number of hydrogen-bond acceptors (Lipinski definition) is 2. The Morgan fingerprint density at radius 2 is 2.00 bits per heavy atom. The average Bonchev–Trinajstić information content (AvgIpc) is 2.77. The monoisotopic (exact) mass is 358 g/mol. The highest BCUT2D eigenvalue weighted by atomic mass is 79.9. The van der Waals surface area contributed by atoms with Gasteiger partial charge in [0.2, 0.25) is 0 Å². The zero-order valence-electron chi connectivity index (χ0n) is 11.0. The maximum Gasteiger partial charge on any atom is 0.118 e. The second-order valence-electron chi connectivity index (χ2n) is 4.46. The van der Waals surface area contributed by atoms with Crippen molar-refractivity contribution in [2.75, 3.05) is 7.11 Å². The molecule has 2 aromatic rings. The van der Waals surface area contributed by atoms with Crippen LogP contribution >= 0.6 is 38.9 Å². The van der Waals surface area contributed by atoms with Gasteiger partial charge in [-0.3, -0.25) is 0 Å². The van der Waals surface area contributed by atoms with E-state index in [0.717, 1.165) is 18.6 Å². The Kier molecular flexibility index (Phi) is 5.31. The molecule has 1 atom stereocenters. The second-order valence-corrected chi connectivity index (χ2v) is 7.39. The van der Waals surface area contributed by atoms with Gasteiger partial charge in [0.25, 0.3) is 0 Å².